The predicted octanol–water partition coefficient (Wildman–Crippen LogP) is 1.59. The van der Waals surface area contributed by atoms with Gasteiger partial charge in [-0.3, -0.25) is 0 Å². The molecule has 0 bridgehead atoms. The van der Waals surface area contributed by atoms with Crippen molar-refractivity contribution in [2.75, 3.05) is 5.73 Å². The predicted molar refractivity (Wildman–Crippen MR) is 39.9 cm³/mol. The monoisotopic (exact) mass is 183 g/mol. The molecule has 3 nitrogen and oxygen atoms in total. The largest absolute Gasteiger partial charge is 0.382 e. The Bertz CT molecular complexity index is 236. The zero-order valence-electron chi connectivity index (χ0n) is 5.79. The third kappa shape index (κ3) is 2.04. The minimum atomic E-state index is -2.60. The average molecular weight is 184 g/mol. The maximum absolute atomic E-state index is 11.9. The first kappa shape index (κ1) is 10.2. The van der Waals surface area contributed by atoms with Crippen LogP contribution in [0.15, 0.2) is 6.07 Å². The van der Waals surface area contributed by atoms with Crippen molar-refractivity contribution in [2.45, 2.75) is 13.5 Å². The lowest BCUT2D eigenvalue weighted by Crippen LogP contribution is -2.02. The standard InChI is InChI=1S/C5H7F2N3.ClH/c1-3-2-4(8)9-10(3)5(6)7;/h2,5H,1H3,(H2,8,9);1H. The van der Waals surface area contributed by atoms with Gasteiger partial charge in [0.05, 0.1) is 0 Å². The fourth-order valence-electron chi connectivity index (χ4n) is 0.710. The highest BCUT2D eigenvalue weighted by Gasteiger charge is 2.09. The first-order chi connectivity index (χ1) is 4.61. The summed E-state index contributed by atoms with van der Waals surface area (Å²) >= 11 is 0. The van der Waals surface area contributed by atoms with E-state index in [4.69, 9.17) is 5.73 Å². The van der Waals surface area contributed by atoms with E-state index in [9.17, 15) is 8.78 Å². The summed E-state index contributed by atoms with van der Waals surface area (Å²) in [4.78, 5) is 0. The fraction of sp³-hybridized carbons (Fsp3) is 0.400. The van der Waals surface area contributed by atoms with Crippen LogP contribution in [-0.4, -0.2) is 9.78 Å². The van der Waals surface area contributed by atoms with Gasteiger partial charge in [0, 0.05) is 11.8 Å². The highest BCUT2D eigenvalue weighted by molar-refractivity contribution is 5.85. The average Bonchev–Trinajstić information content (AvgIpc) is 2.10. The number of hydrogen-bond donors (Lipinski definition) is 1. The molecular formula is C5H8ClF2N3. The number of rotatable bonds is 1. The van der Waals surface area contributed by atoms with Crippen molar-refractivity contribution in [3.05, 3.63) is 11.8 Å². The van der Waals surface area contributed by atoms with E-state index < -0.39 is 6.55 Å². The van der Waals surface area contributed by atoms with Crippen molar-refractivity contribution in [2.24, 2.45) is 0 Å². The van der Waals surface area contributed by atoms with E-state index in [1.807, 2.05) is 0 Å². The Balaban J connectivity index is 0.000001000. The lowest BCUT2D eigenvalue weighted by Gasteiger charge is -1.98. The van der Waals surface area contributed by atoms with Gasteiger partial charge in [0.15, 0.2) is 0 Å². The molecule has 64 valence electrons. The zero-order valence-corrected chi connectivity index (χ0v) is 6.61. The van der Waals surface area contributed by atoms with E-state index in [0.717, 1.165) is 0 Å². The minimum Gasteiger partial charge on any atom is -0.382 e. The zero-order chi connectivity index (χ0) is 7.72. The number of alkyl halides is 2. The minimum absolute atomic E-state index is 0. The molecule has 0 fully saturated rings. The molecule has 0 aliphatic carbocycles. The van der Waals surface area contributed by atoms with Gasteiger partial charge in [-0.15, -0.1) is 12.4 Å². The van der Waals surface area contributed by atoms with Crippen LogP contribution < -0.4 is 5.73 Å². The van der Waals surface area contributed by atoms with Crippen molar-refractivity contribution < 1.29 is 8.78 Å². The number of nitrogens with two attached hydrogens (primary N) is 1. The molecule has 0 aliphatic heterocycles. The van der Waals surface area contributed by atoms with Crippen LogP contribution in [-0.2, 0) is 0 Å². The van der Waals surface area contributed by atoms with Gasteiger partial charge < -0.3 is 5.73 Å². The summed E-state index contributed by atoms with van der Waals surface area (Å²) in [5, 5.41) is 3.35. The molecular weight excluding hydrogens is 176 g/mol. The summed E-state index contributed by atoms with van der Waals surface area (Å²) in [7, 11) is 0. The Morgan fingerprint density at radius 1 is 1.64 bits per heavy atom. The quantitative estimate of drug-likeness (QED) is 0.719. The molecule has 0 amide bonds. The number of anilines is 1. The topological polar surface area (TPSA) is 43.8 Å². The highest BCUT2D eigenvalue weighted by Crippen LogP contribution is 2.13. The van der Waals surface area contributed by atoms with Crippen LogP contribution in [0.5, 0.6) is 0 Å². The van der Waals surface area contributed by atoms with Crippen LogP contribution in [0.1, 0.15) is 12.2 Å². The number of halogens is 3. The summed E-state index contributed by atoms with van der Waals surface area (Å²) in [5.74, 6) is 0.123. The molecule has 1 aromatic rings. The summed E-state index contributed by atoms with van der Waals surface area (Å²) in [6, 6.07) is 1.40. The molecule has 0 unspecified atom stereocenters. The Morgan fingerprint density at radius 3 is 2.36 bits per heavy atom. The molecule has 1 aromatic heterocycles. The normalized spacial score (nSPS) is 9.82. The van der Waals surface area contributed by atoms with Gasteiger partial charge in [0.1, 0.15) is 5.82 Å². The van der Waals surface area contributed by atoms with E-state index in [-0.39, 0.29) is 18.2 Å². The molecule has 0 aliphatic rings. The number of aryl methyl sites for hydroxylation is 1. The smallest absolute Gasteiger partial charge is 0.333 e. The SMILES string of the molecule is Cc1cc(N)nn1C(F)F.Cl. The van der Waals surface area contributed by atoms with Gasteiger partial charge in [-0.25, -0.2) is 4.68 Å². The Hall–Kier alpha value is -0.840. The van der Waals surface area contributed by atoms with E-state index in [0.29, 0.717) is 10.4 Å². The summed E-state index contributed by atoms with van der Waals surface area (Å²) < 4.78 is 24.4. The van der Waals surface area contributed by atoms with Crippen molar-refractivity contribution in [1.29, 1.82) is 0 Å². The summed E-state index contributed by atoms with van der Waals surface area (Å²) in [6.07, 6.45) is 0. The molecule has 0 aromatic carbocycles. The lowest BCUT2D eigenvalue weighted by molar-refractivity contribution is 0.0547. The van der Waals surface area contributed by atoms with Crippen LogP contribution in [0, 0.1) is 6.92 Å². The van der Waals surface area contributed by atoms with Crippen LogP contribution in [0.4, 0.5) is 14.6 Å². The van der Waals surface area contributed by atoms with Crippen LogP contribution in [0.25, 0.3) is 0 Å². The third-order valence-corrected chi connectivity index (χ3v) is 1.13. The van der Waals surface area contributed by atoms with Crippen LogP contribution >= 0.6 is 12.4 Å². The second-order valence-corrected chi connectivity index (χ2v) is 1.93. The van der Waals surface area contributed by atoms with Gasteiger partial charge in [0.2, 0.25) is 0 Å². The molecule has 0 radical (unpaired) electrons. The first-order valence-corrected chi connectivity index (χ1v) is 2.71. The Kier molecular flexibility index (Phi) is 3.25. The van der Waals surface area contributed by atoms with E-state index in [1.165, 1.54) is 13.0 Å². The molecule has 0 atom stereocenters. The second kappa shape index (κ2) is 3.52. The molecule has 0 saturated carbocycles. The van der Waals surface area contributed by atoms with Crippen LogP contribution in [0.3, 0.4) is 0 Å². The maximum Gasteiger partial charge on any atom is 0.333 e. The molecule has 6 heteroatoms. The lowest BCUT2D eigenvalue weighted by atomic mass is 10.5. The molecule has 1 rings (SSSR count). The van der Waals surface area contributed by atoms with Crippen molar-refractivity contribution in [3.63, 3.8) is 0 Å². The third-order valence-electron chi connectivity index (χ3n) is 1.13. The van der Waals surface area contributed by atoms with E-state index in [1.54, 1.807) is 0 Å². The van der Waals surface area contributed by atoms with Gasteiger partial charge in [-0.1, -0.05) is 0 Å². The van der Waals surface area contributed by atoms with Crippen molar-refractivity contribution in [3.8, 4) is 0 Å². The van der Waals surface area contributed by atoms with Gasteiger partial charge in [-0.2, -0.15) is 13.9 Å². The van der Waals surface area contributed by atoms with E-state index >= 15 is 0 Å². The van der Waals surface area contributed by atoms with E-state index in [2.05, 4.69) is 5.10 Å². The molecule has 2 N–H and O–H groups in total. The molecule has 1 heterocycles. The van der Waals surface area contributed by atoms with Gasteiger partial charge in [0.25, 0.3) is 0 Å². The number of nitrogens with zero attached hydrogens (tertiary/aromatic N) is 2. The Morgan fingerprint density at radius 2 is 2.18 bits per heavy atom. The first-order valence-electron chi connectivity index (χ1n) is 2.71. The fourth-order valence-corrected chi connectivity index (χ4v) is 0.710. The van der Waals surface area contributed by atoms with Crippen molar-refractivity contribution >= 4 is 18.2 Å². The molecule has 11 heavy (non-hydrogen) atoms. The molecule has 0 spiro atoms. The van der Waals surface area contributed by atoms with Crippen molar-refractivity contribution in [1.82, 2.24) is 9.78 Å². The number of hydrogen-bond acceptors (Lipinski definition) is 2. The van der Waals surface area contributed by atoms with Gasteiger partial charge in [-0.05, 0) is 6.92 Å². The molecule has 0 saturated heterocycles. The summed E-state index contributed by atoms with van der Waals surface area (Å²) in [5.41, 5.74) is 5.52. The number of nitrogen functional groups attached to an aromatic ring is 1. The maximum atomic E-state index is 11.9. The summed E-state index contributed by atoms with van der Waals surface area (Å²) in [6.45, 7) is -1.08. The van der Waals surface area contributed by atoms with Gasteiger partial charge >= 0.3 is 6.55 Å². The highest BCUT2D eigenvalue weighted by atomic mass is 35.5. The van der Waals surface area contributed by atoms with Crippen LogP contribution in [0.2, 0.25) is 0 Å². The number of aromatic nitrogens is 2. The Labute approximate surface area is 68.6 Å². The second-order valence-electron chi connectivity index (χ2n) is 1.93.